The summed E-state index contributed by atoms with van der Waals surface area (Å²) in [6, 6.07) is 2.48. The van der Waals surface area contributed by atoms with Gasteiger partial charge in [0.05, 0.1) is 0 Å². The van der Waals surface area contributed by atoms with Gasteiger partial charge in [-0.3, -0.25) is 0 Å². The van der Waals surface area contributed by atoms with Gasteiger partial charge in [0.15, 0.2) is 0 Å². The van der Waals surface area contributed by atoms with Crippen molar-refractivity contribution in [1.82, 2.24) is 0 Å². The number of hydrogen-bond acceptors (Lipinski definition) is 2. The third-order valence-electron chi connectivity index (χ3n) is 2.90. The third-order valence-corrected chi connectivity index (χ3v) is 4.19. The second-order valence-electron chi connectivity index (χ2n) is 4.24. The van der Waals surface area contributed by atoms with Gasteiger partial charge in [0.2, 0.25) is 0 Å². The Morgan fingerprint density at radius 1 is 1.43 bits per heavy atom. The van der Waals surface area contributed by atoms with Crippen LogP contribution in [-0.2, 0) is 0 Å². The fourth-order valence-electron chi connectivity index (χ4n) is 1.50. The van der Waals surface area contributed by atoms with E-state index in [9.17, 15) is 0 Å². The van der Waals surface area contributed by atoms with Gasteiger partial charge in [-0.2, -0.15) is 0 Å². The quantitative estimate of drug-likeness (QED) is 0.805. The van der Waals surface area contributed by atoms with Crippen LogP contribution in [0.15, 0.2) is 6.07 Å². The van der Waals surface area contributed by atoms with Crippen LogP contribution in [-0.4, -0.2) is 0 Å². The zero-order chi connectivity index (χ0) is 10.7. The lowest BCUT2D eigenvalue weighted by molar-refractivity contribution is 0.465. The zero-order valence-electron chi connectivity index (χ0n) is 9.63. The normalized spacial score (nSPS) is 15.5. The smallest absolute Gasteiger partial charge is 0.0392 e. The standard InChI is InChI=1S/C12H21NS/c1-5-8(2)6-11(13)12-7-9(3)10(4)14-12/h7-8,11H,5-6,13H2,1-4H3. The molecule has 0 saturated carbocycles. The maximum absolute atomic E-state index is 6.16. The van der Waals surface area contributed by atoms with Crippen molar-refractivity contribution in [3.05, 3.63) is 21.4 Å². The van der Waals surface area contributed by atoms with Crippen molar-refractivity contribution in [1.29, 1.82) is 0 Å². The Balaban J connectivity index is 2.64. The molecule has 0 amide bonds. The van der Waals surface area contributed by atoms with E-state index in [1.807, 2.05) is 11.3 Å². The van der Waals surface area contributed by atoms with Gasteiger partial charge in [-0.25, -0.2) is 0 Å². The summed E-state index contributed by atoms with van der Waals surface area (Å²) in [5.41, 5.74) is 7.54. The molecule has 80 valence electrons. The summed E-state index contributed by atoms with van der Waals surface area (Å²) in [5.74, 6) is 0.729. The molecule has 2 N–H and O–H groups in total. The highest BCUT2D eigenvalue weighted by Crippen LogP contribution is 2.29. The van der Waals surface area contributed by atoms with Gasteiger partial charge < -0.3 is 5.73 Å². The van der Waals surface area contributed by atoms with Crippen LogP contribution < -0.4 is 5.73 Å². The number of nitrogens with two attached hydrogens (primary N) is 1. The van der Waals surface area contributed by atoms with E-state index in [2.05, 4.69) is 33.8 Å². The molecular formula is C12H21NS. The first-order valence-corrected chi connectivity index (χ1v) is 6.18. The Bertz CT molecular complexity index is 271. The number of aryl methyl sites for hydroxylation is 2. The zero-order valence-corrected chi connectivity index (χ0v) is 10.4. The summed E-state index contributed by atoms with van der Waals surface area (Å²) < 4.78 is 0. The molecule has 0 aliphatic carbocycles. The molecular weight excluding hydrogens is 190 g/mol. The van der Waals surface area contributed by atoms with Crippen molar-refractivity contribution in [2.45, 2.75) is 46.6 Å². The summed E-state index contributed by atoms with van der Waals surface area (Å²) in [6.45, 7) is 8.82. The van der Waals surface area contributed by atoms with Crippen molar-refractivity contribution >= 4 is 11.3 Å². The molecule has 1 aromatic heterocycles. The average molecular weight is 211 g/mol. The van der Waals surface area contributed by atoms with E-state index in [1.54, 1.807) is 0 Å². The predicted molar refractivity (Wildman–Crippen MR) is 64.8 cm³/mol. The Morgan fingerprint density at radius 2 is 2.07 bits per heavy atom. The van der Waals surface area contributed by atoms with Crippen LogP contribution in [0.1, 0.15) is 48.0 Å². The Kier molecular flexibility index (Phi) is 4.14. The second-order valence-corrected chi connectivity index (χ2v) is 5.53. The van der Waals surface area contributed by atoms with Crippen LogP contribution in [0.4, 0.5) is 0 Å². The number of thiophene rings is 1. The minimum atomic E-state index is 0.238. The topological polar surface area (TPSA) is 26.0 Å². The van der Waals surface area contributed by atoms with Gasteiger partial charge in [0.25, 0.3) is 0 Å². The molecule has 2 atom stereocenters. The molecule has 2 unspecified atom stereocenters. The van der Waals surface area contributed by atoms with Crippen LogP contribution in [0.2, 0.25) is 0 Å². The van der Waals surface area contributed by atoms with Gasteiger partial charge in [0.1, 0.15) is 0 Å². The largest absolute Gasteiger partial charge is 0.323 e. The molecule has 14 heavy (non-hydrogen) atoms. The van der Waals surface area contributed by atoms with E-state index in [0.29, 0.717) is 0 Å². The Morgan fingerprint density at radius 3 is 2.50 bits per heavy atom. The summed E-state index contributed by atoms with van der Waals surface area (Å²) in [6.07, 6.45) is 2.33. The molecule has 0 aliphatic heterocycles. The van der Waals surface area contributed by atoms with Crippen LogP contribution in [0.25, 0.3) is 0 Å². The average Bonchev–Trinajstić information content (AvgIpc) is 2.47. The van der Waals surface area contributed by atoms with Gasteiger partial charge in [0, 0.05) is 15.8 Å². The van der Waals surface area contributed by atoms with Gasteiger partial charge in [-0.1, -0.05) is 20.3 Å². The Hall–Kier alpha value is -0.340. The lowest BCUT2D eigenvalue weighted by Gasteiger charge is -2.14. The van der Waals surface area contributed by atoms with E-state index >= 15 is 0 Å². The van der Waals surface area contributed by atoms with Crippen LogP contribution in [0.5, 0.6) is 0 Å². The molecule has 0 aromatic carbocycles. The first-order chi connectivity index (χ1) is 6.54. The molecule has 0 saturated heterocycles. The van der Waals surface area contributed by atoms with Crippen molar-refractivity contribution in [3.8, 4) is 0 Å². The summed E-state index contributed by atoms with van der Waals surface area (Å²) in [7, 11) is 0. The van der Waals surface area contributed by atoms with Crippen LogP contribution in [0.3, 0.4) is 0 Å². The molecule has 0 spiro atoms. The van der Waals surface area contributed by atoms with Crippen LogP contribution in [0, 0.1) is 19.8 Å². The minimum absolute atomic E-state index is 0.238. The fraction of sp³-hybridized carbons (Fsp3) is 0.667. The predicted octanol–water partition coefficient (Wildman–Crippen LogP) is 3.80. The molecule has 1 aromatic rings. The van der Waals surface area contributed by atoms with Crippen molar-refractivity contribution in [2.24, 2.45) is 11.7 Å². The lowest BCUT2D eigenvalue weighted by atomic mass is 9.99. The highest BCUT2D eigenvalue weighted by Gasteiger charge is 2.12. The van der Waals surface area contributed by atoms with Gasteiger partial charge in [-0.15, -0.1) is 11.3 Å². The summed E-state index contributed by atoms with van der Waals surface area (Å²) >= 11 is 1.85. The van der Waals surface area contributed by atoms with E-state index in [4.69, 9.17) is 5.73 Å². The Labute approximate surface area is 91.3 Å². The van der Waals surface area contributed by atoms with E-state index in [0.717, 1.165) is 12.3 Å². The molecule has 0 fully saturated rings. The number of rotatable bonds is 4. The highest BCUT2D eigenvalue weighted by atomic mass is 32.1. The molecule has 0 bridgehead atoms. The highest BCUT2D eigenvalue weighted by molar-refractivity contribution is 7.12. The monoisotopic (exact) mass is 211 g/mol. The minimum Gasteiger partial charge on any atom is -0.323 e. The fourth-order valence-corrected chi connectivity index (χ4v) is 2.56. The van der Waals surface area contributed by atoms with E-state index in [1.165, 1.54) is 21.7 Å². The molecule has 1 rings (SSSR count). The maximum atomic E-state index is 6.16. The van der Waals surface area contributed by atoms with Gasteiger partial charge in [-0.05, 0) is 37.8 Å². The molecule has 1 nitrogen and oxygen atoms in total. The lowest BCUT2D eigenvalue weighted by Crippen LogP contribution is -2.12. The second kappa shape index (κ2) is 4.94. The summed E-state index contributed by atoms with van der Waals surface area (Å²) in [5, 5.41) is 0. The van der Waals surface area contributed by atoms with Gasteiger partial charge >= 0.3 is 0 Å². The van der Waals surface area contributed by atoms with Crippen LogP contribution >= 0.6 is 11.3 Å². The first-order valence-electron chi connectivity index (χ1n) is 5.37. The maximum Gasteiger partial charge on any atom is 0.0392 e. The van der Waals surface area contributed by atoms with Crippen molar-refractivity contribution in [2.75, 3.05) is 0 Å². The summed E-state index contributed by atoms with van der Waals surface area (Å²) in [4.78, 5) is 2.75. The molecule has 2 heteroatoms. The van der Waals surface area contributed by atoms with Crippen molar-refractivity contribution < 1.29 is 0 Å². The molecule has 0 aliphatic rings. The third kappa shape index (κ3) is 2.82. The first kappa shape index (κ1) is 11.7. The van der Waals surface area contributed by atoms with Crippen molar-refractivity contribution in [3.63, 3.8) is 0 Å². The molecule has 0 radical (unpaired) electrons. The van der Waals surface area contributed by atoms with E-state index in [-0.39, 0.29) is 6.04 Å². The number of hydrogen-bond donors (Lipinski definition) is 1. The SMILES string of the molecule is CCC(C)CC(N)c1cc(C)c(C)s1. The van der Waals surface area contributed by atoms with E-state index < -0.39 is 0 Å². The molecule has 1 heterocycles.